The van der Waals surface area contributed by atoms with Gasteiger partial charge in [-0.2, -0.15) is 0 Å². The number of hydrogen-bond donors (Lipinski definition) is 1. The van der Waals surface area contributed by atoms with Crippen molar-refractivity contribution < 1.29 is 8.42 Å². The van der Waals surface area contributed by atoms with Gasteiger partial charge in [0, 0.05) is 10.5 Å². The van der Waals surface area contributed by atoms with Gasteiger partial charge in [0.15, 0.2) is 0 Å². The van der Waals surface area contributed by atoms with Crippen molar-refractivity contribution in [2.24, 2.45) is 0 Å². The summed E-state index contributed by atoms with van der Waals surface area (Å²) >= 11 is 3.44. The van der Waals surface area contributed by atoms with Gasteiger partial charge in [0.2, 0.25) is 10.0 Å². The van der Waals surface area contributed by atoms with Crippen LogP contribution in [0.4, 0.5) is 0 Å². The monoisotopic (exact) mass is 353 g/mol. The van der Waals surface area contributed by atoms with Crippen LogP contribution in [0.1, 0.15) is 24.1 Å². The molecule has 106 valence electrons. The van der Waals surface area contributed by atoms with E-state index < -0.39 is 10.0 Å². The van der Waals surface area contributed by atoms with Crippen molar-refractivity contribution in [2.45, 2.75) is 24.8 Å². The van der Waals surface area contributed by atoms with E-state index in [-0.39, 0.29) is 10.9 Å². The zero-order chi connectivity index (χ0) is 14.8. The van der Waals surface area contributed by atoms with Crippen molar-refractivity contribution in [3.63, 3.8) is 0 Å². The summed E-state index contributed by atoms with van der Waals surface area (Å²) in [5.41, 5.74) is 1.94. The quantitative estimate of drug-likeness (QED) is 0.908. The molecule has 0 amide bonds. The van der Waals surface area contributed by atoms with Gasteiger partial charge in [-0.15, -0.1) is 0 Å². The van der Waals surface area contributed by atoms with Crippen LogP contribution < -0.4 is 4.72 Å². The number of rotatable bonds is 4. The largest absolute Gasteiger partial charge is 0.241 e. The molecule has 0 aliphatic heterocycles. The summed E-state index contributed by atoms with van der Waals surface area (Å²) in [6.07, 6.45) is 0. The van der Waals surface area contributed by atoms with E-state index in [0.717, 1.165) is 15.6 Å². The van der Waals surface area contributed by atoms with Crippen LogP contribution in [-0.4, -0.2) is 8.42 Å². The van der Waals surface area contributed by atoms with E-state index in [1.165, 1.54) is 0 Å². The minimum atomic E-state index is -3.51. The third kappa shape index (κ3) is 3.48. The van der Waals surface area contributed by atoms with Gasteiger partial charge in [0.05, 0.1) is 4.90 Å². The molecular formula is C15H16BrNO2S. The zero-order valence-electron chi connectivity index (χ0n) is 11.3. The minimum Gasteiger partial charge on any atom is -0.207 e. The van der Waals surface area contributed by atoms with E-state index in [1.807, 2.05) is 38.1 Å². The number of benzene rings is 2. The van der Waals surface area contributed by atoms with Gasteiger partial charge in [0.25, 0.3) is 0 Å². The Morgan fingerprint density at radius 3 is 2.25 bits per heavy atom. The van der Waals surface area contributed by atoms with Crippen LogP contribution in [0, 0.1) is 6.92 Å². The molecule has 2 aromatic carbocycles. The molecule has 0 spiro atoms. The van der Waals surface area contributed by atoms with Gasteiger partial charge in [0.1, 0.15) is 0 Å². The molecular weight excluding hydrogens is 338 g/mol. The summed E-state index contributed by atoms with van der Waals surface area (Å²) in [6.45, 7) is 3.75. The molecule has 1 unspecified atom stereocenters. The average Bonchev–Trinajstić information content (AvgIpc) is 2.39. The van der Waals surface area contributed by atoms with Crippen molar-refractivity contribution in [1.29, 1.82) is 0 Å². The molecule has 0 aliphatic carbocycles. The van der Waals surface area contributed by atoms with Crippen LogP contribution in [0.3, 0.4) is 0 Å². The van der Waals surface area contributed by atoms with Gasteiger partial charge >= 0.3 is 0 Å². The lowest BCUT2D eigenvalue weighted by Crippen LogP contribution is -2.27. The zero-order valence-corrected chi connectivity index (χ0v) is 13.7. The normalized spacial score (nSPS) is 13.2. The molecule has 2 rings (SSSR count). The van der Waals surface area contributed by atoms with E-state index in [0.29, 0.717) is 0 Å². The number of aryl methyl sites for hydroxylation is 1. The first kappa shape index (κ1) is 15.2. The first-order valence-corrected chi connectivity index (χ1v) is 8.51. The van der Waals surface area contributed by atoms with Crippen LogP contribution in [0.5, 0.6) is 0 Å². The molecule has 20 heavy (non-hydrogen) atoms. The predicted molar refractivity (Wildman–Crippen MR) is 84.1 cm³/mol. The summed E-state index contributed by atoms with van der Waals surface area (Å²) in [7, 11) is -3.51. The molecule has 0 fully saturated rings. The maximum absolute atomic E-state index is 12.3. The second kappa shape index (κ2) is 6.08. The minimum absolute atomic E-state index is 0.280. The Kier molecular flexibility index (Phi) is 4.62. The highest BCUT2D eigenvalue weighted by molar-refractivity contribution is 9.10. The maximum atomic E-state index is 12.3. The van der Waals surface area contributed by atoms with E-state index in [4.69, 9.17) is 0 Å². The van der Waals surface area contributed by atoms with Crippen LogP contribution in [0.15, 0.2) is 57.9 Å². The SMILES string of the molecule is Cc1ccc(S(=O)(=O)NC(C)c2ccccc2Br)cc1. The highest BCUT2D eigenvalue weighted by Gasteiger charge is 2.19. The van der Waals surface area contributed by atoms with Crippen molar-refractivity contribution >= 4 is 26.0 Å². The Balaban J connectivity index is 2.24. The molecule has 0 radical (unpaired) electrons. The van der Waals surface area contributed by atoms with E-state index in [9.17, 15) is 8.42 Å². The highest BCUT2D eigenvalue weighted by Crippen LogP contribution is 2.24. The van der Waals surface area contributed by atoms with Crippen LogP contribution in [0.2, 0.25) is 0 Å². The Morgan fingerprint density at radius 2 is 1.65 bits per heavy atom. The first-order chi connectivity index (χ1) is 9.40. The Morgan fingerprint density at radius 1 is 1.05 bits per heavy atom. The predicted octanol–water partition coefficient (Wildman–Crippen LogP) is 3.80. The lowest BCUT2D eigenvalue weighted by Gasteiger charge is -2.16. The van der Waals surface area contributed by atoms with Gasteiger partial charge in [-0.25, -0.2) is 13.1 Å². The molecule has 0 heterocycles. The summed E-state index contributed by atoms with van der Waals surface area (Å²) in [5.74, 6) is 0. The topological polar surface area (TPSA) is 46.2 Å². The molecule has 0 saturated heterocycles. The maximum Gasteiger partial charge on any atom is 0.241 e. The van der Waals surface area contributed by atoms with Crippen LogP contribution >= 0.6 is 15.9 Å². The smallest absolute Gasteiger partial charge is 0.207 e. The van der Waals surface area contributed by atoms with Crippen LogP contribution in [-0.2, 0) is 10.0 Å². The van der Waals surface area contributed by atoms with Gasteiger partial charge in [-0.1, -0.05) is 51.8 Å². The lowest BCUT2D eigenvalue weighted by molar-refractivity contribution is 0.566. The molecule has 0 bridgehead atoms. The molecule has 1 atom stereocenters. The Hall–Kier alpha value is -1.17. The van der Waals surface area contributed by atoms with E-state index >= 15 is 0 Å². The fourth-order valence-electron chi connectivity index (χ4n) is 1.91. The summed E-state index contributed by atoms with van der Waals surface area (Å²) in [4.78, 5) is 0.280. The summed E-state index contributed by atoms with van der Waals surface area (Å²) < 4.78 is 28.2. The molecule has 5 heteroatoms. The van der Waals surface area contributed by atoms with Crippen LogP contribution in [0.25, 0.3) is 0 Å². The van der Waals surface area contributed by atoms with Crippen molar-refractivity contribution in [2.75, 3.05) is 0 Å². The standard InChI is InChI=1S/C15H16BrNO2S/c1-11-7-9-13(10-8-11)20(18,19)17-12(2)14-5-3-4-6-15(14)16/h3-10,12,17H,1-2H3. The Labute approximate surface area is 128 Å². The first-order valence-electron chi connectivity index (χ1n) is 6.23. The van der Waals surface area contributed by atoms with Crippen molar-refractivity contribution in [3.8, 4) is 0 Å². The fourth-order valence-corrected chi connectivity index (χ4v) is 3.76. The summed E-state index contributed by atoms with van der Waals surface area (Å²) in [5, 5.41) is 0. The highest BCUT2D eigenvalue weighted by atomic mass is 79.9. The number of hydrogen-bond acceptors (Lipinski definition) is 2. The Bertz CT molecular complexity index is 696. The van der Waals surface area contributed by atoms with Gasteiger partial charge < -0.3 is 0 Å². The molecule has 3 nitrogen and oxygen atoms in total. The molecule has 1 N–H and O–H groups in total. The molecule has 2 aromatic rings. The molecule has 0 aromatic heterocycles. The van der Waals surface area contributed by atoms with Gasteiger partial charge in [-0.3, -0.25) is 0 Å². The van der Waals surface area contributed by atoms with E-state index in [2.05, 4.69) is 20.7 Å². The number of sulfonamides is 1. The molecule has 0 aliphatic rings. The fraction of sp³-hybridized carbons (Fsp3) is 0.200. The third-order valence-corrected chi connectivity index (χ3v) is 5.31. The number of nitrogens with one attached hydrogen (secondary N) is 1. The second-order valence-corrected chi connectivity index (χ2v) is 7.25. The van der Waals surface area contributed by atoms with E-state index in [1.54, 1.807) is 24.3 Å². The third-order valence-electron chi connectivity index (χ3n) is 3.03. The van der Waals surface area contributed by atoms with Crippen molar-refractivity contribution in [1.82, 2.24) is 4.72 Å². The number of halogens is 1. The van der Waals surface area contributed by atoms with Crippen molar-refractivity contribution in [3.05, 3.63) is 64.1 Å². The van der Waals surface area contributed by atoms with Gasteiger partial charge in [-0.05, 0) is 37.6 Å². The summed E-state index contributed by atoms with van der Waals surface area (Å²) in [6, 6.07) is 14.1. The second-order valence-electron chi connectivity index (χ2n) is 4.68. The lowest BCUT2D eigenvalue weighted by atomic mass is 10.1. The average molecular weight is 354 g/mol. The molecule has 0 saturated carbocycles.